The molecular weight excluding hydrogens is 238 g/mol. The van der Waals surface area contributed by atoms with Crippen LogP contribution in [0.1, 0.15) is 19.3 Å². The summed E-state index contributed by atoms with van der Waals surface area (Å²) in [6.45, 7) is 3.71. The highest BCUT2D eigenvalue weighted by molar-refractivity contribution is 5.90. The highest BCUT2D eigenvalue weighted by Crippen LogP contribution is 2.15. The molecule has 3 N–H and O–H groups in total. The Labute approximate surface area is 115 Å². The van der Waals surface area contributed by atoms with Crippen molar-refractivity contribution < 1.29 is 4.79 Å². The fourth-order valence-electron chi connectivity index (χ4n) is 2.55. The molecule has 1 amide bonds. The Balaban J connectivity index is 1.71. The molecule has 0 spiro atoms. The third-order valence-corrected chi connectivity index (χ3v) is 3.65. The van der Waals surface area contributed by atoms with E-state index in [9.17, 15) is 4.79 Å². The highest BCUT2D eigenvalue weighted by atomic mass is 16.1. The standard InChI is InChI=1S/C15H23N3O/c16-11-13-5-4-9-18(12-13)10-8-15(19)17-14-6-2-1-3-7-14/h1-3,6-7,13H,4-5,8-12,16H2,(H,17,19). The van der Waals surface area contributed by atoms with Gasteiger partial charge in [0.25, 0.3) is 0 Å². The number of nitrogens with zero attached hydrogens (tertiary/aromatic N) is 1. The molecule has 1 fully saturated rings. The minimum atomic E-state index is 0.0843. The summed E-state index contributed by atoms with van der Waals surface area (Å²) in [4.78, 5) is 14.2. The van der Waals surface area contributed by atoms with Gasteiger partial charge >= 0.3 is 0 Å². The van der Waals surface area contributed by atoms with Gasteiger partial charge in [-0.05, 0) is 44.0 Å². The van der Waals surface area contributed by atoms with Gasteiger partial charge in [0.1, 0.15) is 0 Å². The minimum Gasteiger partial charge on any atom is -0.330 e. The van der Waals surface area contributed by atoms with Crippen molar-refractivity contribution in [3.8, 4) is 0 Å². The molecule has 1 aromatic carbocycles. The van der Waals surface area contributed by atoms with Crippen LogP contribution in [-0.4, -0.2) is 37.0 Å². The summed E-state index contributed by atoms with van der Waals surface area (Å²) >= 11 is 0. The van der Waals surface area contributed by atoms with Crippen LogP contribution in [0.25, 0.3) is 0 Å². The molecule has 1 aromatic rings. The van der Waals surface area contributed by atoms with E-state index in [1.54, 1.807) is 0 Å². The maximum Gasteiger partial charge on any atom is 0.225 e. The number of amides is 1. The van der Waals surface area contributed by atoms with Gasteiger partial charge in [-0.25, -0.2) is 0 Å². The predicted molar refractivity (Wildman–Crippen MR) is 77.9 cm³/mol. The minimum absolute atomic E-state index is 0.0843. The third kappa shape index (κ3) is 4.65. The summed E-state index contributed by atoms with van der Waals surface area (Å²) in [6.07, 6.45) is 2.97. The topological polar surface area (TPSA) is 58.4 Å². The van der Waals surface area contributed by atoms with E-state index in [2.05, 4.69) is 10.2 Å². The van der Waals surface area contributed by atoms with Gasteiger partial charge in [-0.2, -0.15) is 0 Å². The van der Waals surface area contributed by atoms with Crippen LogP contribution < -0.4 is 11.1 Å². The summed E-state index contributed by atoms with van der Waals surface area (Å²) in [6, 6.07) is 9.60. The number of carbonyl (C=O) groups excluding carboxylic acids is 1. The second kappa shape index (κ2) is 7.26. The molecule has 0 aliphatic carbocycles. The second-order valence-electron chi connectivity index (χ2n) is 5.21. The van der Waals surface area contributed by atoms with Crippen molar-refractivity contribution in [2.75, 3.05) is 31.5 Å². The molecule has 4 heteroatoms. The van der Waals surface area contributed by atoms with Crippen LogP contribution in [0, 0.1) is 5.92 Å². The zero-order chi connectivity index (χ0) is 13.5. The van der Waals surface area contributed by atoms with Gasteiger partial charge in [0.2, 0.25) is 5.91 Å². The Morgan fingerprint density at radius 2 is 2.16 bits per heavy atom. The summed E-state index contributed by atoms with van der Waals surface area (Å²) < 4.78 is 0. The van der Waals surface area contributed by atoms with Crippen LogP contribution in [0.4, 0.5) is 5.69 Å². The van der Waals surface area contributed by atoms with Gasteiger partial charge < -0.3 is 16.0 Å². The number of piperidine rings is 1. The Kier molecular flexibility index (Phi) is 5.36. The monoisotopic (exact) mass is 261 g/mol. The lowest BCUT2D eigenvalue weighted by atomic mass is 9.98. The molecule has 19 heavy (non-hydrogen) atoms. The second-order valence-corrected chi connectivity index (χ2v) is 5.21. The largest absolute Gasteiger partial charge is 0.330 e. The average Bonchev–Trinajstić information content (AvgIpc) is 2.46. The van der Waals surface area contributed by atoms with Crippen LogP contribution >= 0.6 is 0 Å². The molecule has 4 nitrogen and oxygen atoms in total. The van der Waals surface area contributed by atoms with Gasteiger partial charge in [-0.3, -0.25) is 4.79 Å². The van der Waals surface area contributed by atoms with E-state index in [0.717, 1.165) is 31.9 Å². The lowest BCUT2D eigenvalue weighted by molar-refractivity contribution is -0.116. The fraction of sp³-hybridized carbons (Fsp3) is 0.533. The summed E-state index contributed by atoms with van der Waals surface area (Å²) in [5.41, 5.74) is 6.58. The molecule has 1 unspecified atom stereocenters. The van der Waals surface area contributed by atoms with Crippen LogP contribution in [0.3, 0.4) is 0 Å². The molecular formula is C15H23N3O. The van der Waals surface area contributed by atoms with Crippen molar-refractivity contribution in [3.63, 3.8) is 0 Å². The summed E-state index contributed by atoms with van der Waals surface area (Å²) in [5, 5.41) is 2.92. The van der Waals surface area contributed by atoms with Crippen LogP contribution in [-0.2, 0) is 4.79 Å². The Bertz CT molecular complexity index is 394. The van der Waals surface area contributed by atoms with E-state index in [4.69, 9.17) is 5.73 Å². The number of nitrogens with one attached hydrogen (secondary N) is 1. The Morgan fingerprint density at radius 3 is 2.89 bits per heavy atom. The number of rotatable bonds is 5. The molecule has 104 valence electrons. The molecule has 0 bridgehead atoms. The lowest BCUT2D eigenvalue weighted by Crippen LogP contribution is -2.39. The number of para-hydroxylation sites is 1. The van der Waals surface area contributed by atoms with Crippen LogP contribution in [0.2, 0.25) is 0 Å². The molecule has 1 aliphatic rings. The zero-order valence-corrected chi connectivity index (χ0v) is 11.3. The van der Waals surface area contributed by atoms with Gasteiger partial charge in [-0.1, -0.05) is 18.2 Å². The number of benzene rings is 1. The summed E-state index contributed by atoms with van der Waals surface area (Å²) in [7, 11) is 0. The van der Waals surface area contributed by atoms with Gasteiger partial charge in [0.15, 0.2) is 0 Å². The van der Waals surface area contributed by atoms with Crippen molar-refractivity contribution >= 4 is 11.6 Å². The van der Waals surface area contributed by atoms with Crippen LogP contribution in [0.15, 0.2) is 30.3 Å². The smallest absolute Gasteiger partial charge is 0.225 e. The van der Waals surface area contributed by atoms with Gasteiger partial charge in [0.05, 0.1) is 0 Å². The van der Waals surface area contributed by atoms with Crippen LogP contribution in [0.5, 0.6) is 0 Å². The molecule has 0 saturated carbocycles. The van der Waals surface area contributed by atoms with E-state index in [-0.39, 0.29) is 5.91 Å². The van der Waals surface area contributed by atoms with Gasteiger partial charge in [-0.15, -0.1) is 0 Å². The van der Waals surface area contributed by atoms with Crippen molar-refractivity contribution in [3.05, 3.63) is 30.3 Å². The maximum atomic E-state index is 11.8. The van der Waals surface area contributed by atoms with Crippen molar-refractivity contribution in [1.29, 1.82) is 0 Å². The predicted octanol–water partition coefficient (Wildman–Crippen LogP) is 1.69. The molecule has 2 rings (SSSR count). The number of nitrogens with two attached hydrogens (primary N) is 1. The zero-order valence-electron chi connectivity index (χ0n) is 11.3. The molecule has 1 heterocycles. The van der Waals surface area contributed by atoms with Crippen molar-refractivity contribution in [1.82, 2.24) is 4.90 Å². The lowest BCUT2D eigenvalue weighted by Gasteiger charge is -2.31. The molecule has 1 atom stereocenters. The number of carbonyl (C=O) groups is 1. The quantitative estimate of drug-likeness (QED) is 0.848. The molecule has 1 aliphatic heterocycles. The number of hydrogen-bond donors (Lipinski definition) is 2. The first-order valence-electron chi connectivity index (χ1n) is 7.05. The number of anilines is 1. The molecule has 1 saturated heterocycles. The Morgan fingerprint density at radius 1 is 1.37 bits per heavy atom. The molecule has 0 radical (unpaired) electrons. The van der Waals surface area contributed by atoms with Crippen molar-refractivity contribution in [2.45, 2.75) is 19.3 Å². The van der Waals surface area contributed by atoms with E-state index < -0.39 is 0 Å². The van der Waals surface area contributed by atoms with Crippen molar-refractivity contribution in [2.24, 2.45) is 11.7 Å². The number of likely N-dealkylation sites (tertiary alicyclic amines) is 1. The molecule has 0 aromatic heterocycles. The van der Waals surface area contributed by atoms with E-state index in [1.165, 1.54) is 12.8 Å². The van der Waals surface area contributed by atoms with Gasteiger partial charge in [0, 0.05) is 25.2 Å². The first-order valence-corrected chi connectivity index (χ1v) is 7.05. The van der Waals surface area contributed by atoms with E-state index >= 15 is 0 Å². The fourth-order valence-corrected chi connectivity index (χ4v) is 2.55. The average molecular weight is 261 g/mol. The maximum absolute atomic E-state index is 11.8. The van der Waals surface area contributed by atoms with E-state index in [0.29, 0.717) is 12.3 Å². The van der Waals surface area contributed by atoms with E-state index in [1.807, 2.05) is 30.3 Å². The third-order valence-electron chi connectivity index (χ3n) is 3.65. The first kappa shape index (κ1) is 14.0. The SMILES string of the molecule is NCC1CCCN(CCC(=O)Nc2ccccc2)C1. The normalized spacial score (nSPS) is 20.2. The summed E-state index contributed by atoms with van der Waals surface area (Å²) in [5.74, 6) is 0.687. The first-order chi connectivity index (χ1) is 9.28. The Hall–Kier alpha value is -1.39. The highest BCUT2D eigenvalue weighted by Gasteiger charge is 2.18. The number of hydrogen-bond acceptors (Lipinski definition) is 3.